The van der Waals surface area contributed by atoms with E-state index in [4.69, 9.17) is 0 Å². The Morgan fingerprint density at radius 1 is 1.15 bits per heavy atom. The number of hydrogen-bond acceptors (Lipinski definition) is 2. The number of carbonyl (C=O) groups is 2. The van der Waals surface area contributed by atoms with Crippen LogP contribution in [0, 0.1) is 29.1 Å². The molecule has 1 unspecified atom stereocenters. The van der Waals surface area contributed by atoms with Crippen molar-refractivity contribution < 1.29 is 9.59 Å². The Bertz CT molecular complexity index is 580. The quantitative estimate of drug-likeness (QED) is 0.632. The summed E-state index contributed by atoms with van der Waals surface area (Å²) in [6.07, 6.45) is 14.0. The lowest BCUT2D eigenvalue weighted by atomic mass is 9.58. The summed E-state index contributed by atoms with van der Waals surface area (Å²) in [5.74, 6) is 2.31. The highest BCUT2D eigenvalue weighted by atomic mass is 16.1. The van der Waals surface area contributed by atoms with E-state index in [-0.39, 0.29) is 11.2 Å². The van der Waals surface area contributed by atoms with Crippen molar-refractivity contribution >= 4 is 11.6 Å². The minimum atomic E-state index is -0.139. The highest BCUT2D eigenvalue weighted by Crippen LogP contribution is 2.56. The summed E-state index contributed by atoms with van der Waals surface area (Å²) in [4.78, 5) is 23.8. The summed E-state index contributed by atoms with van der Waals surface area (Å²) in [7, 11) is 0. The van der Waals surface area contributed by atoms with Gasteiger partial charge in [-0.2, -0.15) is 0 Å². The van der Waals surface area contributed by atoms with E-state index in [9.17, 15) is 9.59 Å². The number of fused-ring (bicyclic) bond motifs is 5. The first kappa shape index (κ1) is 12.3. The molecule has 0 amide bonds. The number of carbonyl (C=O) groups excluding carboxylic acids is 2. The second-order valence-corrected chi connectivity index (χ2v) is 7.02. The SMILES string of the molecule is C[C@]12CC=C3[C@H]4C=CC(=O)CC4C=C[C@H]3[C@@H]1CCC2=O. The van der Waals surface area contributed by atoms with Crippen molar-refractivity contribution in [3.63, 3.8) is 0 Å². The molecule has 0 aromatic carbocycles. The van der Waals surface area contributed by atoms with Crippen LogP contribution in [0.4, 0.5) is 0 Å². The van der Waals surface area contributed by atoms with Crippen LogP contribution in [0.1, 0.15) is 32.6 Å². The molecule has 0 aromatic rings. The Labute approximate surface area is 119 Å². The molecular weight excluding hydrogens is 248 g/mol. The van der Waals surface area contributed by atoms with Crippen LogP contribution >= 0.6 is 0 Å². The van der Waals surface area contributed by atoms with E-state index in [1.165, 1.54) is 5.57 Å². The van der Waals surface area contributed by atoms with Crippen LogP contribution in [0.5, 0.6) is 0 Å². The lowest BCUT2D eigenvalue weighted by Crippen LogP contribution is -2.40. The molecule has 4 aliphatic carbocycles. The maximum Gasteiger partial charge on any atom is 0.156 e. The van der Waals surface area contributed by atoms with Crippen LogP contribution in [0.25, 0.3) is 0 Å². The first-order valence-electron chi connectivity index (χ1n) is 7.72. The molecule has 0 bridgehead atoms. The van der Waals surface area contributed by atoms with Crippen LogP contribution in [-0.4, -0.2) is 11.6 Å². The molecule has 5 atom stereocenters. The highest BCUT2D eigenvalue weighted by molar-refractivity contribution is 5.91. The minimum absolute atomic E-state index is 0.139. The minimum Gasteiger partial charge on any atom is -0.299 e. The molecule has 0 heterocycles. The molecule has 0 saturated heterocycles. The molecule has 0 aliphatic heterocycles. The van der Waals surface area contributed by atoms with Gasteiger partial charge in [0.2, 0.25) is 0 Å². The maximum atomic E-state index is 12.2. The summed E-state index contributed by atoms with van der Waals surface area (Å²) in [6.45, 7) is 2.15. The maximum absolute atomic E-state index is 12.2. The molecule has 2 heteroatoms. The normalized spacial score (nSPS) is 45.8. The first-order chi connectivity index (χ1) is 9.59. The van der Waals surface area contributed by atoms with Crippen molar-refractivity contribution in [2.24, 2.45) is 29.1 Å². The zero-order chi connectivity index (χ0) is 13.9. The van der Waals surface area contributed by atoms with Gasteiger partial charge in [0, 0.05) is 30.1 Å². The Kier molecular flexibility index (Phi) is 2.48. The summed E-state index contributed by atoms with van der Waals surface area (Å²) in [5.41, 5.74) is 1.33. The molecule has 4 aliphatic rings. The van der Waals surface area contributed by atoms with Gasteiger partial charge in [-0.25, -0.2) is 0 Å². The van der Waals surface area contributed by atoms with E-state index in [0.29, 0.717) is 35.9 Å². The molecule has 20 heavy (non-hydrogen) atoms. The summed E-state index contributed by atoms with van der Waals surface area (Å²) < 4.78 is 0. The monoisotopic (exact) mass is 268 g/mol. The second kappa shape index (κ2) is 4.03. The third-order valence-electron chi connectivity index (χ3n) is 6.06. The Balaban J connectivity index is 1.75. The predicted molar refractivity (Wildman–Crippen MR) is 76.9 cm³/mol. The van der Waals surface area contributed by atoms with Gasteiger partial charge in [-0.3, -0.25) is 9.59 Å². The molecule has 1 fully saturated rings. The first-order valence-corrected chi connectivity index (χ1v) is 7.72. The fourth-order valence-electron chi connectivity index (χ4n) is 4.83. The number of ketones is 2. The van der Waals surface area contributed by atoms with Crippen molar-refractivity contribution in [1.29, 1.82) is 0 Å². The molecule has 0 spiro atoms. The zero-order valence-electron chi connectivity index (χ0n) is 11.8. The lowest BCUT2D eigenvalue weighted by Gasteiger charge is -2.45. The van der Waals surface area contributed by atoms with E-state index < -0.39 is 0 Å². The van der Waals surface area contributed by atoms with Gasteiger partial charge in [-0.1, -0.05) is 36.8 Å². The number of rotatable bonds is 0. The van der Waals surface area contributed by atoms with Gasteiger partial charge < -0.3 is 0 Å². The third-order valence-corrected chi connectivity index (χ3v) is 6.06. The average Bonchev–Trinajstić information content (AvgIpc) is 2.74. The fraction of sp³-hybridized carbons (Fsp3) is 0.556. The number of Topliss-reactive ketones (excluding diaryl/α,β-unsaturated/α-hetero) is 1. The van der Waals surface area contributed by atoms with Crippen molar-refractivity contribution in [1.82, 2.24) is 0 Å². The van der Waals surface area contributed by atoms with E-state index in [1.54, 1.807) is 6.08 Å². The number of hydrogen-bond donors (Lipinski definition) is 0. The van der Waals surface area contributed by atoms with Crippen LogP contribution in [0.2, 0.25) is 0 Å². The molecular formula is C18H20O2. The third kappa shape index (κ3) is 1.51. The van der Waals surface area contributed by atoms with Crippen LogP contribution < -0.4 is 0 Å². The van der Waals surface area contributed by atoms with Crippen molar-refractivity contribution in [3.05, 3.63) is 36.0 Å². The molecule has 104 valence electrons. The standard InChI is InChI=1S/C18H20O2/c1-18-9-8-14-13-5-3-12(19)10-11(13)2-4-15(14)16(18)6-7-17(18)20/h2-5,8,11,13,15-16H,6-7,9-10H2,1H3/t11?,13-,15+,16-,18-/m0/s1. The van der Waals surface area contributed by atoms with Gasteiger partial charge >= 0.3 is 0 Å². The Hall–Kier alpha value is -1.44. The van der Waals surface area contributed by atoms with Gasteiger partial charge in [-0.15, -0.1) is 0 Å². The van der Waals surface area contributed by atoms with Crippen LogP contribution in [-0.2, 0) is 9.59 Å². The molecule has 0 N–H and O–H groups in total. The lowest BCUT2D eigenvalue weighted by molar-refractivity contribution is -0.126. The topological polar surface area (TPSA) is 34.1 Å². The van der Waals surface area contributed by atoms with Gasteiger partial charge in [-0.05, 0) is 30.8 Å². The van der Waals surface area contributed by atoms with E-state index >= 15 is 0 Å². The van der Waals surface area contributed by atoms with Gasteiger partial charge in [0.05, 0.1) is 0 Å². The number of allylic oxidation sites excluding steroid dienone is 6. The smallest absolute Gasteiger partial charge is 0.156 e. The Morgan fingerprint density at radius 3 is 2.85 bits per heavy atom. The predicted octanol–water partition coefficient (Wildman–Crippen LogP) is 3.25. The largest absolute Gasteiger partial charge is 0.299 e. The van der Waals surface area contributed by atoms with E-state index in [0.717, 1.165) is 19.3 Å². The summed E-state index contributed by atoms with van der Waals surface area (Å²) in [6, 6.07) is 0. The van der Waals surface area contributed by atoms with Crippen molar-refractivity contribution in [3.8, 4) is 0 Å². The molecule has 2 nitrogen and oxygen atoms in total. The summed E-state index contributed by atoms with van der Waals surface area (Å²) in [5, 5.41) is 0. The van der Waals surface area contributed by atoms with Gasteiger partial charge in [0.15, 0.2) is 5.78 Å². The van der Waals surface area contributed by atoms with Crippen LogP contribution in [0.15, 0.2) is 36.0 Å². The second-order valence-electron chi connectivity index (χ2n) is 7.02. The van der Waals surface area contributed by atoms with Crippen molar-refractivity contribution in [2.45, 2.75) is 32.6 Å². The van der Waals surface area contributed by atoms with E-state index in [1.807, 2.05) is 0 Å². The highest BCUT2D eigenvalue weighted by Gasteiger charge is 2.52. The zero-order valence-corrected chi connectivity index (χ0v) is 11.8. The average molecular weight is 268 g/mol. The summed E-state index contributed by atoms with van der Waals surface area (Å²) >= 11 is 0. The molecule has 4 rings (SSSR count). The van der Waals surface area contributed by atoms with Crippen LogP contribution in [0.3, 0.4) is 0 Å². The molecule has 1 saturated carbocycles. The van der Waals surface area contributed by atoms with Crippen molar-refractivity contribution in [2.75, 3.05) is 0 Å². The van der Waals surface area contributed by atoms with E-state index in [2.05, 4.69) is 31.2 Å². The van der Waals surface area contributed by atoms with Gasteiger partial charge in [0.1, 0.15) is 5.78 Å². The fourth-order valence-corrected chi connectivity index (χ4v) is 4.83. The van der Waals surface area contributed by atoms with Gasteiger partial charge in [0.25, 0.3) is 0 Å². The Morgan fingerprint density at radius 2 is 2.00 bits per heavy atom. The molecule has 0 radical (unpaired) electrons. The molecule has 0 aromatic heterocycles.